The van der Waals surface area contributed by atoms with Crippen LogP contribution in [0.5, 0.6) is 0 Å². The van der Waals surface area contributed by atoms with E-state index in [-0.39, 0.29) is 17.3 Å². The molecule has 0 saturated carbocycles. The van der Waals surface area contributed by atoms with Crippen LogP contribution in [-0.2, 0) is 18.3 Å². The van der Waals surface area contributed by atoms with Crippen molar-refractivity contribution in [3.63, 3.8) is 0 Å². The lowest BCUT2D eigenvalue weighted by Crippen LogP contribution is -2.33. The van der Waals surface area contributed by atoms with Crippen LogP contribution in [-0.4, -0.2) is 49.5 Å². The van der Waals surface area contributed by atoms with E-state index in [1.165, 1.54) is 41.5 Å². The predicted molar refractivity (Wildman–Crippen MR) is 175 cm³/mol. The Morgan fingerprint density at radius 3 is 1.33 bits per heavy atom. The molecule has 4 aromatic carbocycles. The third kappa shape index (κ3) is 6.19. The maximum Gasteiger partial charge on any atom is 0.193 e. The van der Waals surface area contributed by atoms with Gasteiger partial charge in [-0.3, -0.25) is 14.4 Å². The highest BCUT2D eigenvalue weighted by Crippen LogP contribution is 2.52. The van der Waals surface area contributed by atoms with Gasteiger partial charge in [-0.2, -0.15) is 0 Å². The first-order valence-corrected chi connectivity index (χ1v) is 15.2. The van der Waals surface area contributed by atoms with E-state index in [1.54, 1.807) is 30.3 Å². The minimum atomic E-state index is -1.55. The fraction of sp³-hybridized carbons (Fsp3) is 0.308. The number of hydrogen-bond donors (Lipinski definition) is 3. The quantitative estimate of drug-likeness (QED) is 0.183. The normalized spacial score (nSPS) is 14.1. The third-order valence-electron chi connectivity index (χ3n) is 8.64. The highest BCUT2D eigenvalue weighted by molar-refractivity contribution is 6.03. The molecule has 0 heterocycles. The summed E-state index contributed by atoms with van der Waals surface area (Å²) >= 11 is 0. The average Bonchev–Trinajstić information content (AvgIpc) is 3.24. The maximum absolute atomic E-state index is 13.3. The Kier molecular flexibility index (Phi) is 8.07. The van der Waals surface area contributed by atoms with E-state index in [2.05, 4.69) is 12.1 Å². The summed E-state index contributed by atoms with van der Waals surface area (Å²) in [5, 5.41) is 31.1. The maximum atomic E-state index is 13.3. The first kappa shape index (κ1) is 32.2. The number of Topliss-reactive ketones (excluding diaryl/α,β-unsaturated/α-hetero) is 3. The summed E-state index contributed by atoms with van der Waals surface area (Å²) in [6.45, 7) is 8.85. The van der Waals surface area contributed by atoms with Crippen molar-refractivity contribution in [2.45, 2.75) is 76.6 Å². The Morgan fingerprint density at radius 1 is 0.511 bits per heavy atom. The van der Waals surface area contributed by atoms with Crippen LogP contribution in [0.2, 0.25) is 0 Å². The zero-order chi connectivity index (χ0) is 32.9. The third-order valence-corrected chi connectivity index (χ3v) is 8.64. The van der Waals surface area contributed by atoms with Crippen molar-refractivity contribution in [2.24, 2.45) is 0 Å². The van der Waals surface area contributed by atoms with Gasteiger partial charge in [-0.1, -0.05) is 84.9 Å². The second-order valence-electron chi connectivity index (χ2n) is 13.8. The molecule has 0 fully saturated rings. The number of carbonyl (C=O) groups excluding carboxylic acids is 3. The van der Waals surface area contributed by atoms with Gasteiger partial charge in [0, 0.05) is 22.1 Å². The molecule has 5 rings (SSSR count). The van der Waals surface area contributed by atoms with Crippen molar-refractivity contribution in [3.05, 3.63) is 130 Å². The van der Waals surface area contributed by atoms with Crippen LogP contribution in [0.3, 0.4) is 0 Å². The minimum absolute atomic E-state index is 0.365. The summed E-state index contributed by atoms with van der Waals surface area (Å²) < 4.78 is 0. The predicted octanol–water partition coefficient (Wildman–Crippen LogP) is 6.30. The number of aliphatic hydroxyl groups is 3. The number of fused-ring (bicyclic) bond motifs is 3. The van der Waals surface area contributed by atoms with E-state index in [1.807, 2.05) is 48.5 Å². The smallest absolute Gasteiger partial charge is 0.193 e. The van der Waals surface area contributed by atoms with Crippen LogP contribution in [0.4, 0.5) is 0 Å². The number of ketones is 3. The number of benzene rings is 4. The molecule has 0 unspecified atom stereocenters. The van der Waals surface area contributed by atoms with E-state index < -0.39 is 22.2 Å². The number of carbonyl (C=O) groups is 3. The second kappa shape index (κ2) is 11.3. The van der Waals surface area contributed by atoms with Gasteiger partial charge < -0.3 is 15.3 Å². The van der Waals surface area contributed by atoms with Gasteiger partial charge in [0.2, 0.25) is 0 Å². The zero-order valence-electron chi connectivity index (χ0n) is 26.6. The molecular weight excluding hydrogens is 564 g/mol. The van der Waals surface area contributed by atoms with Crippen molar-refractivity contribution < 1.29 is 29.7 Å². The molecule has 3 N–H and O–H groups in total. The molecule has 0 atom stereocenters. The summed E-state index contributed by atoms with van der Waals surface area (Å²) in [5.74, 6) is -1.11. The molecule has 0 bridgehead atoms. The Labute approximate surface area is 264 Å². The Morgan fingerprint density at radius 2 is 0.889 bits per heavy atom. The molecule has 6 nitrogen and oxygen atoms in total. The van der Waals surface area contributed by atoms with Gasteiger partial charge in [0.25, 0.3) is 0 Å². The van der Waals surface area contributed by atoms with Crippen molar-refractivity contribution in [1.29, 1.82) is 0 Å². The van der Waals surface area contributed by atoms with Crippen molar-refractivity contribution in [1.82, 2.24) is 0 Å². The van der Waals surface area contributed by atoms with Crippen LogP contribution in [0, 0.1) is 0 Å². The zero-order valence-corrected chi connectivity index (χ0v) is 26.6. The molecule has 232 valence electrons. The molecular formula is C39H40O6. The first-order chi connectivity index (χ1) is 20.9. The summed E-state index contributed by atoms with van der Waals surface area (Å²) in [6, 6.07) is 28.3. The molecule has 0 saturated heterocycles. The van der Waals surface area contributed by atoms with Crippen LogP contribution >= 0.6 is 0 Å². The summed E-state index contributed by atoms with van der Waals surface area (Å²) in [6.07, 6.45) is 1.05. The van der Waals surface area contributed by atoms with Gasteiger partial charge in [-0.15, -0.1) is 0 Å². The second-order valence-corrected chi connectivity index (χ2v) is 13.8. The number of hydrogen-bond acceptors (Lipinski definition) is 6. The Balaban J connectivity index is 1.67. The standard InChI is InChI=1S/C39H40O6/c1-36(2,43)33(40)26-15-11-24(12-16-26)22-39(23-25-13-17-27(18-14-25)34(41)37(3,4)44)31-10-8-7-9-29(31)30-20-19-28(21-32(30)39)35(42)38(5,6)45/h7-21,43-45H,22-23H2,1-6H3. The first-order valence-electron chi connectivity index (χ1n) is 15.2. The fourth-order valence-corrected chi connectivity index (χ4v) is 6.34. The Bertz CT molecular complexity index is 1700. The van der Waals surface area contributed by atoms with Gasteiger partial charge in [-0.05, 0) is 93.8 Å². The van der Waals surface area contributed by atoms with E-state index in [0.29, 0.717) is 29.5 Å². The summed E-state index contributed by atoms with van der Waals surface area (Å²) in [4.78, 5) is 38.7. The summed E-state index contributed by atoms with van der Waals surface area (Å²) in [7, 11) is 0. The monoisotopic (exact) mass is 604 g/mol. The molecule has 0 aliphatic heterocycles. The highest BCUT2D eigenvalue weighted by Gasteiger charge is 2.44. The van der Waals surface area contributed by atoms with Crippen LogP contribution in [0.25, 0.3) is 11.1 Å². The molecule has 45 heavy (non-hydrogen) atoms. The topological polar surface area (TPSA) is 112 Å². The molecule has 6 heteroatoms. The molecule has 0 radical (unpaired) electrons. The summed E-state index contributed by atoms with van der Waals surface area (Å²) in [5.41, 5.74) is 2.07. The van der Waals surface area contributed by atoms with Crippen LogP contribution in [0.1, 0.15) is 94.9 Å². The van der Waals surface area contributed by atoms with Crippen LogP contribution in [0.15, 0.2) is 91.0 Å². The molecule has 1 aliphatic rings. The molecule has 0 spiro atoms. The largest absolute Gasteiger partial charge is 0.382 e. The van der Waals surface area contributed by atoms with Crippen molar-refractivity contribution in [2.75, 3.05) is 0 Å². The fourth-order valence-electron chi connectivity index (χ4n) is 6.34. The van der Waals surface area contributed by atoms with E-state index >= 15 is 0 Å². The van der Waals surface area contributed by atoms with Crippen molar-refractivity contribution >= 4 is 17.3 Å². The van der Waals surface area contributed by atoms with Gasteiger partial charge in [0.1, 0.15) is 16.8 Å². The Hall–Kier alpha value is -4.23. The lowest BCUT2D eigenvalue weighted by Gasteiger charge is -2.33. The molecule has 4 aromatic rings. The molecule has 1 aliphatic carbocycles. The lowest BCUT2D eigenvalue weighted by atomic mass is 9.69. The van der Waals surface area contributed by atoms with Crippen LogP contribution < -0.4 is 0 Å². The molecule has 0 amide bonds. The van der Waals surface area contributed by atoms with Gasteiger partial charge in [0.05, 0.1) is 0 Å². The van der Waals surface area contributed by atoms with Gasteiger partial charge in [-0.25, -0.2) is 0 Å². The van der Waals surface area contributed by atoms with Gasteiger partial charge >= 0.3 is 0 Å². The SMILES string of the molecule is CC(C)(O)C(=O)c1ccc(CC2(Cc3ccc(C(=O)C(C)(C)O)cc3)c3ccccc3-c3ccc(C(=O)C(C)(C)O)cc32)cc1. The van der Waals surface area contributed by atoms with Crippen molar-refractivity contribution in [3.8, 4) is 11.1 Å². The van der Waals surface area contributed by atoms with E-state index in [4.69, 9.17) is 0 Å². The van der Waals surface area contributed by atoms with E-state index in [9.17, 15) is 29.7 Å². The minimum Gasteiger partial charge on any atom is -0.382 e. The van der Waals surface area contributed by atoms with Gasteiger partial charge in [0.15, 0.2) is 17.3 Å². The number of rotatable bonds is 10. The highest BCUT2D eigenvalue weighted by atomic mass is 16.3. The van der Waals surface area contributed by atoms with E-state index in [0.717, 1.165) is 33.4 Å². The lowest BCUT2D eigenvalue weighted by molar-refractivity contribution is 0.0487. The molecule has 0 aromatic heterocycles. The average molecular weight is 605 g/mol.